The molecule has 2 N–H and O–H groups in total. The number of rotatable bonds is 5. The fourth-order valence-electron chi connectivity index (χ4n) is 2.29. The van der Waals surface area contributed by atoms with E-state index in [1.165, 1.54) is 19.3 Å². The zero-order valence-corrected chi connectivity index (χ0v) is 9.78. The first kappa shape index (κ1) is 11.5. The van der Waals surface area contributed by atoms with E-state index in [1.54, 1.807) is 6.33 Å². The van der Waals surface area contributed by atoms with Crippen molar-refractivity contribution in [1.29, 1.82) is 0 Å². The second-order valence-electron chi connectivity index (χ2n) is 4.36. The largest absolute Gasteiger partial charge is 0.381 e. The van der Waals surface area contributed by atoms with Crippen molar-refractivity contribution >= 4 is 0 Å². The number of aromatic nitrogens is 3. The molecule has 0 amide bonds. The zero-order valence-electron chi connectivity index (χ0n) is 9.78. The quantitative estimate of drug-likeness (QED) is 0.780. The fraction of sp³-hybridized carbons (Fsp3) is 0.818. The molecule has 90 valence electrons. The molecule has 0 aliphatic heterocycles. The highest BCUT2D eigenvalue weighted by Crippen LogP contribution is 2.20. The van der Waals surface area contributed by atoms with Crippen molar-refractivity contribution < 1.29 is 4.74 Å². The first-order valence-corrected chi connectivity index (χ1v) is 5.99. The first-order valence-electron chi connectivity index (χ1n) is 5.99. The van der Waals surface area contributed by atoms with E-state index in [4.69, 9.17) is 4.74 Å². The van der Waals surface area contributed by atoms with Crippen molar-refractivity contribution in [3.63, 3.8) is 0 Å². The van der Waals surface area contributed by atoms with Gasteiger partial charge in [-0.05, 0) is 25.7 Å². The van der Waals surface area contributed by atoms with Gasteiger partial charge in [0.25, 0.3) is 0 Å². The third-order valence-corrected chi connectivity index (χ3v) is 3.22. The van der Waals surface area contributed by atoms with E-state index in [0.717, 1.165) is 25.2 Å². The monoisotopic (exact) mass is 224 g/mol. The highest BCUT2D eigenvalue weighted by Gasteiger charge is 2.20. The topological polar surface area (TPSA) is 62.8 Å². The lowest BCUT2D eigenvalue weighted by atomic mass is 9.93. The lowest BCUT2D eigenvalue weighted by molar-refractivity contribution is 0.0590. The molecular formula is C11H20N4O. The van der Waals surface area contributed by atoms with Crippen LogP contribution >= 0.6 is 0 Å². The van der Waals surface area contributed by atoms with E-state index in [-0.39, 0.29) is 0 Å². The Bertz CT molecular complexity index is 288. The summed E-state index contributed by atoms with van der Waals surface area (Å²) in [4.78, 5) is 4.10. The second-order valence-corrected chi connectivity index (χ2v) is 4.36. The Labute approximate surface area is 96.0 Å². The summed E-state index contributed by atoms with van der Waals surface area (Å²) < 4.78 is 5.41. The van der Waals surface area contributed by atoms with Crippen LogP contribution in [0.25, 0.3) is 0 Å². The molecule has 1 fully saturated rings. The van der Waals surface area contributed by atoms with Crippen LogP contribution in [0.5, 0.6) is 0 Å². The van der Waals surface area contributed by atoms with Crippen LogP contribution in [0.15, 0.2) is 6.33 Å². The zero-order chi connectivity index (χ0) is 11.2. The van der Waals surface area contributed by atoms with E-state index in [0.29, 0.717) is 12.1 Å². The van der Waals surface area contributed by atoms with E-state index < -0.39 is 0 Å². The minimum Gasteiger partial charge on any atom is -0.381 e. The van der Waals surface area contributed by atoms with E-state index in [9.17, 15) is 0 Å². The number of nitrogens with one attached hydrogen (secondary N) is 2. The van der Waals surface area contributed by atoms with Gasteiger partial charge in [-0.1, -0.05) is 0 Å². The predicted molar refractivity (Wildman–Crippen MR) is 61.1 cm³/mol. The molecule has 2 atom stereocenters. The summed E-state index contributed by atoms with van der Waals surface area (Å²) in [7, 11) is 1.81. The number of H-pyrrole nitrogens is 1. The minimum absolute atomic E-state index is 0.441. The summed E-state index contributed by atoms with van der Waals surface area (Å²) in [6.45, 7) is 0.955. The highest BCUT2D eigenvalue weighted by molar-refractivity contribution is 4.83. The Morgan fingerprint density at radius 2 is 2.50 bits per heavy atom. The average molecular weight is 224 g/mol. The van der Waals surface area contributed by atoms with Crippen molar-refractivity contribution in [3.05, 3.63) is 12.2 Å². The summed E-state index contributed by atoms with van der Waals surface area (Å²) in [6.07, 6.45) is 7.76. The molecule has 1 heterocycles. The maximum atomic E-state index is 5.41. The fourth-order valence-corrected chi connectivity index (χ4v) is 2.29. The molecule has 1 aliphatic rings. The standard InChI is InChI=1S/C11H20N4O/c1-16-10-4-2-3-9(7-10)12-6-5-11-13-8-14-15-11/h8-10,12H,2-7H2,1H3,(H,13,14,15). The molecule has 0 spiro atoms. The predicted octanol–water partition coefficient (Wildman–Crippen LogP) is 0.894. The molecule has 5 nitrogen and oxygen atoms in total. The second kappa shape index (κ2) is 5.96. The molecule has 16 heavy (non-hydrogen) atoms. The molecule has 0 saturated heterocycles. The molecular weight excluding hydrogens is 204 g/mol. The van der Waals surface area contributed by atoms with Gasteiger partial charge in [-0.2, -0.15) is 5.10 Å². The Morgan fingerprint density at radius 1 is 1.56 bits per heavy atom. The summed E-state index contributed by atoms with van der Waals surface area (Å²) in [6, 6.07) is 0.599. The number of nitrogens with zero attached hydrogens (tertiary/aromatic N) is 2. The smallest absolute Gasteiger partial charge is 0.137 e. The summed E-state index contributed by atoms with van der Waals surface area (Å²) in [5.74, 6) is 0.951. The van der Waals surface area contributed by atoms with Crippen LogP contribution in [0.4, 0.5) is 0 Å². The lowest BCUT2D eigenvalue weighted by Crippen LogP contribution is -2.37. The molecule has 1 aromatic heterocycles. The molecule has 1 aromatic rings. The van der Waals surface area contributed by atoms with Crippen LogP contribution in [0, 0.1) is 0 Å². The molecule has 0 radical (unpaired) electrons. The Kier molecular flexibility index (Phi) is 4.30. The van der Waals surface area contributed by atoms with E-state index in [2.05, 4.69) is 20.5 Å². The minimum atomic E-state index is 0.441. The van der Waals surface area contributed by atoms with Gasteiger partial charge in [-0.15, -0.1) is 0 Å². The van der Waals surface area contributed by atoms with Crippen LogP contribution in [-0.2, 0) is 11.2 Å². The third kappa shape index (κ3) is 3.28. The molecule has 2 unspecified atom stereocenters. The number of methoxy groups -OCH3 is 1. The third-order valence-electron chi connectivity index (χ3n) is 3.22. The number of aromatic amines is 1. The Morgan fingerprint density at radius 3 is 3.25 bits per heavy atom. The molecule has 1 saturated carbocycles. The van der Waals surface area contributed by atoms with Crippen molar-refractivity contribution in [1.82, 2.24) is 20.5 Å². The van der Waals surface area contributed by atoms with E-state index in [1.807, 2.05) is 7.11 Å². The van der Waals surface area contributed by atoms with Crippen LogP contribution in [0.2, 0.25) is 0 Å². The highest BCUT2D eigenvalue weighted by atomic mass is 16.5. The Balaban J connectivity index is 1.65. The lowest BCUT2D eigenvalue weighted by Gasteiger charge is -2.28. The van der Waals surface area contributed by atoms with Crippen LogP contribution in [0.3, 0.4) is 0 Å². The average Bonchev–Trinajstić information content (AvgIpc) is 2.82. The van der Waals surface area contributed by atoms with Crippen molar-refractivity contribution in [3.8, 4) is 0 Å². The Hall–Kier alpha value is -0.940. The van der Waals surface area contributed by atoms with Crippen LogP contribution < -0.4 is 5.32 Å². The molecule has 0 bridgehead atoms. The van der Waals surface area contributed by atoms with Crippen molar-refractivity contribution in [2.75, 3.05) is 13.7 Å². The summed E-state index contributed by atoms with van der Waals surface area (Å²) >= 11 is 0. The summed E-state index contributed by atoms with van der Waals surface area (Å²) in [5.41, 5.74) is 0. The normalized spacial score (nSPS) is 25.8. The van der Waals surface area contributed by atoms with Gasteiger partial charge in [0.15, 0.2) is 0 Å². The van der Waals surface area contributed by atoms with Crippen LogP contribution in [-0.4, -0.2) is 41.0 Å². The van der Waals surface area contributed by atoms with Gasteiger partial charge < -0.3 is 10.1 Å². The van der Waals surface area contributed by atoms with Crippen LogP contribution in [0.1, 0.15) is 31.5 Å². The van der Waals surface area contributed by atoms with Gasteiger partial charge in [0.05, 0.1) is 6.10 Å². The van der Waals surface area contributed by atoms with Gasteiger partial charge >= 0.3 is 0 Å². The van der Waals surface area contributed by atoms with Gasteiger partial charge in [0.1, 0.15) is 12.2 Å². The van der Waals surface area contributed by atoms with Crippen molar-refractivity contribution in [2.45, 2.75) is 44.2 Å². The molecule has 2 rings (SSSR count). The molecule has 1 aliphatic carbocycles. The number of hydrogen-bond acceptors (Lipinski definition) is 4. The van der Waals surface area contributed by atoms with Gasteiger partial charge in [-0.25, -0.2) is 4.98 Å². The van der Waals surface area contributed by atoms with Gasteiger partial charge in [-0.3, -0.25) is 5.10 Å². The number of hydrogen-bond donors (Lipinski definition) is 2. The first-order chi connectivity index (χ1) is 7.88. The van der Waals surface area contributed by atoms with Gasteiger partial charge in [0.2, 0.25) is 0 Å². The van der Waals surface area contributed by atoms with Crippen molar-refractivity contribution in [2.24, 2.45) is 0 Å². The molecule has 0 aromatic carbocycles. The molecule has 5 heteroatoms. The number of ether oxygens (including phenoxy) is 1. The maximum Gasteiger partial charge on any atom is 0.137 e. The maximum absolute atomic E-state index is 5.41. The SMILES string of the molecule is COC1CCCC(NCCc2ncn[nH]2)C1. The summed E-state index contributed by atoms with van der Waals surface area (Å²) in [5, 5.41) is 10.3. The van der Waals surface area contributed by atoms with E-state index >= 15 is 0 Å². The van der Waals surface area contributed by atoms with Gasteiger partial charge in [0, 0.05) is 26.1 Å².